The molecule has 0 bridgehead atoms. The number of rotatable bonds is 9. The van der Waals surface area contributed by atoms with E-state index in [0.29, 0.717) is 42.8 Å². The van der Waals surface area contributed by atoms with Crippen LogP contribution in [0.2, 0.25) is 0 Å². The molecule has 0 amide bonds. The second kappa shape index (κ2) is 11.2. The summed E-state index contributed by atoms with van der Waals surface area (Å²) >= 11 is 0. The van der Waals surface area contributed by atoms with Crippen LogP contribution in [-0.2, 0) is 4.79 Å². The summed E-state index contributed by atoms with van der Waals surface area (Å²) in [5.41, 5.74) is 2.74. The number of hydrogen-bond acceptors (Lipinski definition) is 7. The highest BCUT2D eigenvalue weighted by Crippen LogP contribution is 2.44. The molecule has 0 spiro atoms. The number of methoxy groups -OCH3 is 2. The third-order valence-corrected chi connectivity index (χ3v) is 8.56. The highest BCUT2D eigenvalue weighted by molar-refractivity contribution is 5.83. The van der Waals surface area contributed by atoms with E-state index >= 15 is 0 Å². The third kappa shape index (κ3) is 5.28. The molecule has 2 heterocycles. The SMILES string of the molecule is COc1ccc2nccc(C(O)CC[C@@H]3CCN(C4CC(c5ccc(O)c(OC)c5)C4)C[C@@H]3C(=O)O)c2c1. The lowest BCUT2D eigenvalue weighted by molar-refractivity contribution is -0.147. The van der Waals surface area contributed by atoms with Gasteiger partial charge in [-0.3, -0.25) is 14.7 Å². The standard InChI is InChI=1S/C30H36N2O6/c1-37-22-5-6-26-24(16-22)23(9-11-31-26)27(33)7-3-18-10-12-32(17-25(18)30(35)36)21-13-20(14-21)19-4-8-28(34)29(15-19)38-2/h4-6,8-9,11,15-16,18,20-21,25,27,33-34H,3,7,10,12-14,17H2,1-2H3,(H,35,36)/t18-,20?,21?,25+,27?/m1/s1. The Morgan fingerprint density at radius 1 is 1.13 bits per heavy atom. The minimum Gasteiger partial charge on any atom is -0.504 e. The maximum atomic E-state index is 12.2. The Hall–Kier alpha value is -3.36. The predicted octanol–water partition coefficient (Wildman–Crippen LogP) is 4.74. The fourth-order valence-electron chi connectivity index (χ4n) is 6.18. The first-order chi connectivity index (χ1) is 18.4. The molecule has 1 aliphatic heterocycles. The number of aliphatic carboxylic acids is 1. The topological polar surface area (TPSA) is 112 Å². The molecule has 38 heavy (non-hydrogen) atoms. The van der Waals surface area contributed by atoms with Crippen LogP contribution in [-0.4, -0.2) is 64.5 Å². The van der Waals surface area contributed by atoms with Gasteiger partial charge in [0.1, 0.15) is 5.75 Å². The van der Waals surface area contributed by atoms with E-state index in [1.54, 1.807) is 26.5 Å². The lowest BCUT2D eigenvalue weighted by Gasteiger charge is -2.47. The van der Waals surface area contributed by atoms with E-state index in [2.05, 4.69) is 9.88 Å². The monoisotopic (exact) mass is 520 g/mol. The summed E-state index contributed by atoms with van der Waals surface area (Å²) in [4.78, 5) is 19.0. The van der Waals surface area contributed by atoms with E-state index in [9.17, 15) is 20.1 Å². The van der Waals surface area contributed by atoms with E-state index < -0.39 is 18.0 Å². The van der Waals surface area contributed by atoms with E-state index in [0.717, 1.165) is 47.8 Å². The zero-order valence-electron chi connectivity index (χ0n) is 21.9. The van der Waals surface area contributed by atoms with Gasteiger partial charge in [0.2, 0.25) is 0 Å². The van der Waals surface area contributed by atoms with Crippen LogP contribution in [0.3, 0.4) is 0 Å². The lowest BCUT2D eigenvalue weighted by atomic mass is 9.73. The maximum absolute atomic E-state index is 12.2. The molecule has 3 aromatic rings. The second-order valence-corrected chi connectivity index (χ2v) is 10.6. The molecule has 3 atom stereocenters. The number of aromatic hydroxyl groups is 1. The number of phenolic OH excluding ortho intramolecular Hbond substituents is 1. The molecule has 2 fully saturated rings. The molecular weight excluding hydrogens is 484 g/mol. The Kier molecular flexibility index (Phi) is 7.72. The van der Waals surface area contributed by atoms with Gasteiger partial charge in [-0.15, -0.1) is 0 Å². The van der Waals surface area contributed by atoms with E-state index in [-0.39, 0.29) is 11.7 Å². The van der Waals surface area contributed by atoms with Crippen LogP contribution in [0.4, 0.5) is 0 Å². The van der Waals surface area contributed by atoms with Crippen LogP contribution in [0.15, 0.2) is 48.7 Å². The van der Waals surface area contributed by atoms with E-state index in [1.165, 1.54) is 0 Å². The number of benzene rings is 2. The van der Waals surface area contributed by atoms with Gasteiger partial charge in [0.15, 0.2) is 11.5 Å². The molecule has 5 rings (SSSR count). The van der Waals surface area contributed by atoms with Gasteiger partial charge >= 0.3 is 5.97 Å². The zero-order chi connectivity index (χ0) is 26.8. The second-order valence-electron chi connectivity index (χ2n) is 10.6. The molecule has 1 unspecified atom stereocenters. The molecule has 1 aliphatic carbocycles. The Labute approximate surface area is 222 Å². The van der Waals surface area contributed by atoms with Crippen molar-refractivity contribution in [3.63, 3.8) is 0 Å². The van der Waals surface area contributed by atoms with Gasteiger partial charge in [0, 0.05) is 24.2 Å². The van der Waals surface area contributed by atoms with Gasteiger partial charge in [-0.05, 0) is 98.0 Å². The van der Waals surface area contributed by atoms with Crippen LogP contribution in [0, 0.1) is 11.8 Å². The van der Waals surface area contributed by atoms with Crippen molar-refractivity contribution in [3.8, 4) is 17.2 Å². The molecule has 3 N–H and O–H groups in total. The fraction of sp³-hybridized carbons (Fsp3) is 0.467. The van der Waals surface area contributed by atoms with Gasteiger partial charge in [0.05, 0.1) is 31.8 Å². The number of fused-ring (bicyclic) bond motifs is 1. The molecule has 8 nitrogen and oxygen atoms in total. The smallest absolute Gasteiger partial charge is 0.308 e. The van der Waals surface area contributed by atoms with Crippen molar-refractivity contribution in [2.24, 2.45) is 11.8 Å². The Bertz CT molecular complexity index is 1290. The highest BCUT2D eigenvalue weighted by Gasteiger charge is 2.41. The van der Waals surface area contributed by atoms with Crippen molar-refractivity contribution in [2.45, 2.75) is 50.2 Å². The number of piperidine rings is 1. The number of aliphatic hydroxyl groups is 1. The number of pyridine rings is 1. The zero-order valence-corrected chi connectivity index (χ0v) is 21.9. The first-order valence-corrected chi connectivity index (χ1v) is 13.3. The Morgan fingerprint density at radius 2 is 1.95 bits per heavy atom. The van der Waals surface area contributed by atoms with Gasteiger partial charge in [-0.2, -0.15) is 0 Å². The lowest BCUT2D eigenvalue weighted by Crippen LogP contribution is -2.52. The van der Waals surface area contributed by atoms with Gasteiger partial charge in [-0.25, -0.2) is 0 Å². The molecule has 2 aliphatic rings. The summed E-state index contributed by atoms with van der Waals surface area (Å²) in [5.74, 6) is 0.544. The third-order valence-electron chi connectivity index (χ3n) is 8.56. The molecule has 2 aromatic carbocycles. The van der Waals surface area contributed by atoms with Crippen LogP contribution >= 0.6 is 0 Å². The first kappa shape index (κ1) is 26.3. The summed E-state index contributed by atoms with van der Waals surface area (Å²) in [7, 11) is 3.16. The number of carboxylic acid groups (broad SMARTS) is 1. The van der Waals surface area contributed by atoms with Crippen molar-refractivity contribution in [1.82, 2.24) is 9.88 Å². The number of aromatic nitrogens is 1. The van der Waals surface area contributed by atoms with Gasteiger partial charge in [-0.1, -0.05) is 6.07 Å². The number of ether oxygens (including phenoxy) is 2. The largest absolute Gasteiger partial charge is 0.504 e. The molecule has 1 aromatic heterocycles. The first-order valence-electron chi connectivity index (χ1n) is 13.3. The molecule has 1 saturated carbocycles. The minimum atomic E-state index is -0.757. The predicted molar refractivity (Wildman–Crippen MR) is 144 cm³/mol. The number of nitrogens with zero attached hydrogens (tertiary/aromatic N) is 2. The number of phenols is 1. The van der Waals surface area contributed by atoms with Crippen LogP contribution < -0.4 is 9.47 Å². The van der Waals surface area contributed by atoms with E-state index in [1.807, 2.05) is 36.4 Å². The van der Waals surface area contributed by atoms with Crippen molar-refractivity contribution in [2.75, 3.05) is 27.3 Å². The summed E-state index contributed by atoms with van der Waals surface area (Å²) < 4.78 is 10.6. The maximum Gasteiger partial charge on any atom is 0.308 e. The summed E-state index contributed by atoms with van der Waals surface area (Å²) in [6, 6.07) is 13.3. The molecular formula is C30H36N2O6. The van der Waals surface area contributed by atoms with Crippen LogP contribution in [0.5, 0.6) is 17.2 Å². The number of carbonyl (C=O) groups is 1. The number of aliphatic hydroxyl groups excluding tert-OH is 1. The van der Waals surface area contributed by atoms with Gasteiger partial charge in [0.25, 0.3) is 0 Å². The Morgan fingerprint density at radius 3 is 2.68 bits per heavy atom. The summed E-state index contributed by atoms with van der Waals surface area (Å²) in [6.07, 6.45) is 4.91. The quantitative estimate of drug-likeness (QED) is 0.371. The molecule has 202 valence electrons. The van der Waals surface area contributed by atoms with Crippen LogP contribution in [0.25, 0.3) is 10.9 Å². The van der Waals surface area contributed by atoms with E-state index in [4.69, 9.17) is 9.47 Å². The fourth-order valence-corrected chi connectivity index (χ4v) is 6.18. The molecule has 1 saturated heterocycles. The normalized spacial score (nSPS) is 24.5. The van der Waals surface area contributed by atoms with Gasteiger partial charge < -0.3 is 24.8 Å². The number of hydrogen-bond donors (Lipinski definition) is 3. The van der Waals surface area contributed by atoms with Crippen molar-refractivity contribution in [1.29, 1.82) is 0 Å². The number of likely N-dealkylation sites (tertiary alicyclic amines) is 1. The number of carboxylic acids is 1. The van der Waals surface area contributed by atoms with Crippen molar-refractivity contribution < 1.29 is 29.6 Å². The average molecular weight is 521 g/mol. The highest BCUT2D eigenvalue weighted by atomic mass is 16.5. The van der Waals surface area contributed by atoms with Crippen LogP contribution in [0.1, 0.15) is 55.3 Å². The summed E-state index contributed by atoms with van der Waals surface area (Å²) in [5, 5.41) is 31.8. The van der Waals surface area contributed by atoms with Crippen molar-refractivity contribution >= 4 is 16.9 Å². The van der Waals surface area contributed by atoms with Crippen molar-refractivity contribution in [3.05, 3.63) is 59.8 Å². The average Bonchev–Trinajstić information content (AvgIpc) is 2.91. The minimum absolute atomic E-state index is 0.0262. The summed E-state index contributed by atoms with van der Waals surface area (Å²) in [6.45, 7) is 1.41. The molecule has 0 radical (unpaired) electrons. The Balaban J connectivity index is 1.19. The molecule has 8 heteroatoms.